The number of hydrogen-bond donors (Lipinski definition) is 1. The molecular formula is C25H20BrClN4O3. The fourth-order valence-electron chi connectivity index (χ4n) is 3.92. The number of nitrogens with one attached hydrogen (secondary N) is 1. The third kappa shape index (κ3) is 4.31. The van der Waals surface area contributed by atoms with E-state index in [0.29, 0.717) is 39.9 Å². The summed E-state index contributed by atoms with van der Waals surface area (Å²) in [6.45, 7) is 2.29. The number of aromatic nitrogens is 4. The number of ether oxygens (including phenoxy) is 1. The Bertz CT molecular complexity index is 1500. The Balaban J connectivity index is 1.55. The van der Waals surface area contributed by atoms with E-state index in [-0.39, 0.29) is 12.4 Å². The lowest BCUT2D eigenvalue weighted by molar-refractivity contribution is 0.0981. The van der Waals surface area contributed by atoms with Crippen molar-refractivity contribution in [2.24, 2.45) is 0 Å². The lowest BCUT2D eigenvalue weighted by Gasteiger charge is -2.10. The summed E-state index contributed by atoms with van der Waals surface area (Å²) in [5, 5.41) is 16.9. The number of rotatable bonds is 8. The van der Waals surface area contributed by atoms with Gasteiger partial charge in [-0.15, -0.1) is 5.10 Å². The van der Waals surface area contributed by atoms with Gasteiger partial charge in [-0.05, 0) is 73.9 Å². The van der Waals surface area contributed by atoms with Gasteiger partial charge in [-0.2, -0.15) is 0 Å². The minimum absolute atomic E-state index is 0.0600. The van der Waals surface area contributed by atoms with E-state index in [9.17, 15) is 4.79 Å². The number of nitrogens with zero attached hydrogens (tertiary/aromatic N) is 3. The predicted octanol–water partition coefficient (Wildman–Crippen LogP) is 7.13. The molecule has 0 atom stereocenters. The quantitative estimate of drug-likeness (QED) is 0.211. The fourth-order valence-corrected chi connectivity index (χ4v) is 4.70. The van der Waals surface area contributed by atoms with Crippen LogP contribution in [0.5, 0.6) is 5.75 Å². The summed E-state index contributed by atoms with van der Waals surface area (Å²) >= 11 is 9.89. The van der Waals surface area contributed by atoms with Gasteiger partial charge in [0.25, 0.3) is 0 Å². The number of aromatic amines is 1. The van der Waals surface area contributed by atoms with Crippen LogP contribution in [0.3, 0.4) is 0 Å². The fraction of sp³-hybridized carbons (Fsp3) is 0.200. The SMILES string of the molecule is CCCCC(=O)c1c(-c2ccc3c(Br)c(OCc4nnn[nH]4)ccc3c2)oc2ccc(Cl)cc12. The zero-order valence-electron chi connectivity index (χ0n) is 18.3. The molecule has 0 spiro atoms. The van der Waals surface area contributed by atoms with Crippen LogP contribution in [0.2, 0.25) is 5.02 Å². The van der Waals surface area contributed by atoms with E-state index in [4.69, 9.17) is 20.8 Å². The highest BCUT2D eigenvalue weighted by molar-refractivity contribution is 9.10. The number of tetrazole rings is 1. The van der Waals surface area contributed by atoms with Crippen LogP contribution in [-0.2, 0) is 6.61 Å². The molecule has 0 bridgehead atoms. The maximum absolute atomic E-state index is 13.2. The first-order valence-electron chi connectivity index (χ1n) is 10.9. The van der Waals surface area contributed by atoms with Crippen LogP contribution < -0.4 is 4.74 Å². The highest BCUT2D eigenvalue weighted by atomic mass is 79.9. The van der Waals surface area contributed by atoms with Gasteiger partial charge in [-0.25, -0.2) is 5.10 Å². The van der Waals surface area contributed by atoms with Crippen molar-refractivity contribution < 1.29 is 13.9 Å². The number of H-pyrrole nitrogens is 1. The van der Waals surface area contributed by atoms with Gasteiger partial charge < -0.3 is 9.15 Å². The number of Topliss-reactive ketones (excluding diaryl/α,β-unsaturated/α-hetero) is 1. The Labute approximate surface area is 208 Å². The average molecular weight is 540 g/mol. The first kappa shape index (κ1) is 22.6. The molecule has 9 heteroatoms. The smallest absolute Gasteiger partial charge is 0.186 e. The Hall–Kier alpha value is -3.23. The number of halogens is 2. The summed E-state index contributed by atoms with van der Waals surface area (Å²) in [5.74, 6) is 1.83. The summed E-state index contributed by atoms with van der Waals surface area (Å²) in [4.78, 5) is 13.2. The molecule has 0 aliphatic heterocycles. The van der Waals surface area contributed by atoms with Gasteiger partial charge >= 0.3 is 0 Å². The molecule has 0 saturated heterocycles. The molecule has 7 nitrogen and oxygen atoms in total. The van der Waals surface area contributed by atoms with Crippen LogP contribution in [0.15, 0.2) is 57.4 Å². The number of carbonyl (C=O) groups excluding carboxylic acids is 1. The number of unbranched alkanes of at least 4 members (excludes halogenated alkanes) is 1. The lowest BCUT2D eigenvalue weighted by atomic mass is 9.97. The maximum Gasteiger partial charge on any atom is 0.186 e. The molecule has 2 aromatic heterocycles. The van der Waals surface area contributed by atoms with Crippen molar-refractivity contribution in [3.05, 3.63) is 69.4 Å². The molecule has 1 N–H and O–H groups in total. The van der Waals surface area contributed by atoms with Gasteiger partial charge in [0.15, 0.2) is 11.6 Å². The van der Waals surface area contributed by atoms with E-state index < -0.39 is 0 Å². The van der Waals surface area contributed by atoms with Crippen LogP contribution in [0.1, 0.15) is 42.4 Å². The Morgan fingerprint density at radius 1 is 1.15 bits per heavy atom. The van der Waals surface area contributed by atoms with Gasteiger partial charge in [0, 0.05) is 22.4 Å². The molecule has 3 aromatic carbocycles. The van der Waals surface area contributed by atoms with Crippen LogP contribution >= 0.6 is 27.5 Å². The summed E-state index contributed by atoms with van der Waals surface area (Å²) < 4.78 is 12.9. The first-order valence-corrected chi connectivity index (χ1v) is 12.1. The second kappa shape index (κ2) is 9.56. The van der Waals surface area contributed by atoms with Gasteiger partial charge in [0.2, 0.25) is 0 Å². The van der Waals surface area contributed by atoms with Gasteiger partial charge in [0.1, 0.15) is 23.7 Å². The molecule has 0 radical (unpaired) electrons. The molecule has 0 amide bonds. The molecule has 2 heterocycles. The van der Waals surface area contributed by atoms with Crippen LogP contribution in [0.25, 0.3) is 33.1 Å². The van der Waals surface area contributed by atoms with E-state index >= 15 is 0 Å². The molecule has 172 valence electrons. The third-order valence-corrected chi connectivity index (χ3v) is 6.67. The second-order valence-corrected chi connectivity index (χ2v) is 9.15. The zero-order chi connectivity index (χ0) is 23.7. The van der Waals surface area contributed by atoms with E-state index in [1.807, 2.05) is 36.4 Å². The topological polar surface area (TPSA) is 93.9 Å². The van der Waals surface area contributed by atoms with Crippen LogP contribution in [0, 0.1) is 0 Å². The lowest BCUT2D eigenvalue weighted by Crippen LogP contribution is -2.00. The number of benzene rings is 3. The Morgan fingerprint density at radius 3 is 2.82 bits per heavy atom. The number of fused-ring (bicyclic) bond motifs is 2. The van der Waals surface area contributed by atoms with Gasteiger partial charge in [0.05, 0.1) is 10.0 Å². The van der Waals surface area contributed by atoms with Crippen molar-refractivity contribution in [3.63, 3.8) is 0 Å². The second-order valence-electron chi connectivity index (χ2n) is 7.92. The summed E-state index contributed by atoms with van der Waals surface area (Å²) in [6, 6.07) is 15.2. The van der Waals surface area contributed by atoms with Gasteiger partial charge in [-0.1, -0.05) is 43.1 Å². The molecule has 5 rings (SSSR count). The number of carbonyl (C=O) groups is 1. The standard InChI is InChI=1S/C25H20BrClN4O3/c1-2-3-4-19(32)23-18-12-16(27)7-10-20(18)34-25(23)15-5-8-17-14(11-15)6-9-21(24(17)26)33-13-22-28-30-31-29-22/h5-12H,2-4,13H2,1H3,(H,28,29,30,31). The average Bonchev–Trinajstić information content (AvgIpc) is 3.49. The largest absolute Gasteiger partial charge is 0.484 e. The summed E-state index contributed by atoms with van der Waals surface area (Å²) in [5.41, 5.74) is 2.06. The van der Waals surface area contributed by atoms with Crippen LogP contribution in [0.4, 0.5) is 0 Å². The van der Waals surface area contributed by atoms with E-state index in [1.165, 1.54) is 0 Å². The van der Waals surface area contributed by atoms with Crippen molar-refractivity contribution in [2.75, 3.05) is 0 Å². The van der Waals surface area contributed by atoms with Crippen molar-refractivity contribution in [2.45, 2.75) is 32.8 Å². The molecule has 0 unspecified atom stereocenters. The monoisotopic (exact) mass is 538 g/mol. The molecular weight excluding hydrogens is 520 g/mol. The number of ketones is 1. The molecule has 0 saturated carbocycles. The van der Waals surface area contributed by atoms with E-state index in [2.05, 4.69) is 43.5 Å². The first-order chi connectivity index (χ1) is 16.5. The van der Waals surface area contributed by atoms with Crippen LogP contribution in [-0.4, -0.2) is 26.4 Å². The third-order valence-electron chi connectivity index (χ3n) is 5.62. The molecule has 0 fully saturated rings. The molecule has 5 aromatic rings. The summed E-state index contributed by atoms with van der Waals surface area (Å²) in [7, 11) is 0. The highest BCUT2D eigenvalue weighted by Gasteiger charge is 2.22. The highest BCUT2D eigenvalue weighted by Crippen LogP contribution is 2.39. The normalized spacial score (nSPS) is 11.4. The zero-order valence-corrected chi connectivity index (χ0v) is 20.6. The van der Waals surface area contributed by atoms with Gasteiger partial charge in [-0.3, -0.25) is 4.79 Å². The van der Waals surface area contributed by atoms with E-state index in [0.717, 1.165) is 39.0 Å². The Morgan fingerprint density at radius 2 is 2.03 bits per heavy atom. The predicted molar refractivity (Wildman–Crippen MR) is 134 cm³/mol. The van der Waals surface area contributed by atoms with Crippen molar-refractivity contribution in [3.8, 4) is 17.1 Å². The number of hydrogen-bond acceptors (Lipinski definition) is 6. The molecule has 0 aliphatic rings. The number of furan rings is 1. The Kier molecular flexibility index (Phi) is 6.34. The van der Waals surface area contributed by atoms with Crippen molar-refractivity contribution in [1.82, 2.24) is 20.6 Å². The minimum Gasteiger partial charge on any atom is -0.484 e. The molecule has 34 heavy (non-hydrogen) atoms. The minimum atomic E-state index is 0.0600. The van der Waals surface area contributed by atoms with E-state index in [1.54, 1.807) is 12.1 Å². The maximum atomic E-state index is 13.2. The van der Waals surface area contributed by atoms with Crippen molar-refractivity contribution in [1.29, 1.82) is 0 Å². The molecule has 0 aliphatic carbocycles. The van der Waals surface area contributed by atoms with Crippen molar-refractivity contribution >= 4 is 55.1 Å². The summed E-state index contributed by atoms with van der Waals surface area (Å²) in [6.07, 6.45) is 2.23.